The first-order chi connectivity index (χ1) is 21.6. The van der Waals surface area contributed by atoms with Crippen LogP contribution in [-0.4, -0.2) is 48.8 Å². The zero-order valence-electron chi connectivity index (χ0n) is 28.5. The van der Waals surface area contributed by atoms with E-state index in [1.54, 1.807) is 52.2 Å². The highest BCUT2D eigenvalue weighted by Crippen LogP contribution is 2.71. The minimum Gasteiger partial charge on any atom is -0.493 e. The standard InChI is InChI=1S/C36H42N2O8/c1-33(2)36(5)20-16-34(3,45-28-19-13-15-22(42-9)30(44-11)26(19)37(6)31(40)23(20)28)17-35(36,4)24-27(39)18-12-14-21(41-8)29(43-10)25(18)38(7)32(24)46-33/h12-15,20H,16-17H2,1-11H3. The van der Waals surface area contributed by atoms with E-state index in [-0.39, 0.29) is 16.9 Å². The van der Waals surface area contributed by atoms with Crippen LogP contribution in [0.3, 0.4) is 0 Å². The minimum absolute atomic E-state index is 0.125. The Balaban J connectivity index is 1.58. The van der Waals surface area contributed by atoms with Crippen molar-refractivity contribution in [3.63, 3.8) is 0 Å². The predicted molar refractivity (Wildman–Crippen MR) is 176 cm³/mol. The van der Waals surface area contributed by atoms with E-state index in [0.29, 0.717) is 75.0 Å². The summed E-state index contributed by atoms with van der Waals surface area (Å²) in [5, 5.41) is 1.28. The fraction of sp³-hybridized carbons (Fsp3) is 0.500. The van der Waals surface area contributed by atoms with Crippen molar-refractivity contribution in [2.75, 3.05) is 28.4 Å². The van der Waals surface area contributed by atoms with E-state index in [9.17, 15) is 9.59 Å². The molecule has 1 saturated carbocycles. The van der Waals surface area contributed by atoms with Crippen LogP contribution in [0.1, 0.15) is 64.5 Å². The van der Waals surface area contributed by atoms with E-state index in [1.807, 2.05) is 23.7 Å². The summed E-state index contributed by atoms with van der Waals surface area (Å²) in [6, 6.07) is 7.33. The van der Waals surface area contributed by atoms with E-state index in [4.69, 9.17) is 28.4 Å². The molecule has 7 rings (SSSR count). The molecule has 2 bridgehead atoms. The van der Waals surface area contributed by atoms with Gasteiger partial charge in [0.25, 0.3) is 5.56 Å². The molecular formula is C36H42N2O8. The van der Waals surface area contributed by atoms with E-state index in [0.717, 1.165) is 5.39 Å². The van der Waals surface area contributed by atoms with E-state index in [2.05, 4.69) is 34.6 Å². The molecule has 10 heteroatoms. The Hall–Kier alpha value is -4.34. The van der Waals surface area contributed by atoms with Gasteiger partial charge in [0, 0.05) is 36.2 Å². The number of methoxy groups -OCH3 is 4. The van der Waals surface area contributed by atoms with Crippen LogP contribution in [-0.2, 0) is 19.5 Å². The van der Waals surface area contributed by atoms with E-state index < -0.39 is 22.0 Å². The van der Waals surface area contributed by atoms with Crippen molar-refractivity contribution in [2.24, 2.45) is 19.5 Å². The monoisotopic (exact) mass is 630 g/mol. The summed E-state index contributed by atoms with van der Waals surface area (Å²) in [5.74, 6) is 2.74. The van der Waals surface area contributed by atoms with Gasteiger partial charge in [-0.2, -0.15) is 0 Å². The number of nitrogens with zero attached hydrogens (tertiary/aromatic N) is 2. The molecular weight excluding hydrogens is 588 g/mol. The number of hydrogen-bond donors (Lipinski definition) is 0. The highest BCUT2D eigenvalue weighted by molar-refractivity contribution is 5.94. The Kier molecular flexibility index (Phi) is 6.17. The molecule has 46 heavy (non-hydrogen) atoms. The van der Waals surface area contributed by atoms with Gasteiger partial charge in [0.05, 0.1) is 45.0 Å². The molecule has 3 aliphatic rings. The summed E-state index contributed by atoms with van der Waals surface area (Å²) in [6.45, 7) is 10.6. The second kappa shape index (κ2) is 9.36. The molecule has 2 aromatic carbocycles. The van der Waals surface area contributed by atoms with Crippen LogP contribution in [0.5, 0.6) is 34.6 Å². The molecule has 4 aromatic rings. The Labute approximate surface area is 267 Å². The van der Waals surface area contributed by atoms with Crippen LogP contribution in [0.15, 0.2) is 33.9 Å². The van der Waals surface area contributed by atoms with Gasteiger partial charge in [0.2, 0.25) is 5.88 Å². The Morgan fingerprint density at radius 3 is 1.89 bits per heavy atom. The first kappa shape index (κ1) is 30.3. The van der Waals surface area contributed by atoms with Crippen molar-refractivity contribution in [3.8, 4) is 34.6 Å². The molecule has 1 aliphatic carbocycles. The lowest BCUT2D eigenvalue weighted by molar-refractivity contribution is -0.173. The largest absolute Gasteiger partial charge is 0.493 e. The zero-order chi connectivity index (χ0) is 33.3. The Morgan fingerprint density at radius 1 is 0.761 bits per heavy atom. The van der Waals surface area contributed by atoms with Gasteiger partial charge in [0.15, 0.2) is 28.4 Å². The summed E-state index contributed by atoms with van der Waals surface area (Å²) in [4.78, 5) is 29.3. The Bertz CT molecular complexity index is 2110. The molecule has 0 spiro atoms. The lowest BCUT2D eigenvalue weighted by Gasteiger charge is -2.67. The van der Waals surface area contributed by atoms with Gasteiger partial charge in [-0.1, -0.05) is 13.8 Å². The number of aryl methyl sites for hydroxylation is 2. The number of benzene rings is 2. The normalized spacial score (nSPS) is 27.2. The fourth-order valence-corrected chi connectivity index (χ4v) is 9.42. The molecule has 0 saturated heterocycles. The van der Waals surface area contributed by atoms with Gasteiger partial charge < -0.3 is 37.6 Å². The van der Waals surface area contributed by atoms with Gasteiger partial charge in [-0.3, -0.25) is 9.59 Å². The number of ether oxygens (including phenoxy) is 6. The quantitative estimate of drug-likeness (QED) is 0.288. The van der Waals surface area contributed by atoms with Gasteiger partial charge in [0.1, 0.15) is 28.0 Å². The van der Waals surface area contributed by atoms with Crippen molar-refractivity contribution in [1.82, 2.24) is 9.13 Å². The molecule has 4 heterocycles. The first-order valence-corrected chi connectivity index (χ1v) is 15.6. The number of fused-ring (bicyclic) bond motifs is 11. The molecule has 4 unspecified atom stereocenters. The fourth-order valence-electron chi connectivity index (χ4n) is 9.42. The lowest BCUT2D eigenvalue weighted by atomic mass is 9.41. The van der Waals surface area contributed by atoms with Crippen LogP contribution < -0.4 is 39.4 Å². The van der Waals surface area contributed by atoms with Gasteiger partial charge in [-0.05, 0) is 57.9 Å². The molecule has 2 aliphatic heterocycles. The molecule has 1 fully saturated rings. The third-order valence-corrected chi connectivity index (χ3v) is 11.8. The SMILES string of the molecule is COc1ccc2c(=O)c3c(n(C)c2c1OC)OC(C)(C)C1(C)C2CC(C)(CC31C)Oc1c2c(=O)n(C)c2c(OC)c(OC)ccc12. The molecule has 244 valence electrons. The van der Waals surface area contributed by atoms with Gasteiger partial charge >= 0.3 is 0 Å². The van der Waals surface area contributed by atoms with Crippen molar-refractivity contribution >= 4 is 21.8 Å². The average molecular weight is 631 g/mol. The summed E-state index contributed by atoms with van der Waals surface area (Å²) >= 11 is 0. The smallest absolute Gasteiger partial charge is 0.258 e. The van der Waals surface area contributed by atoms with E-state index in [1.165, 1.54) is 0 Å². The number of pyridine rings is 2. The predicted octanol–water partition coefficient (Wildman–Crippen LogP) is 5.59. The maximum atomic E-state index is 14.8. The highest BCUT2D eigenvalue weighted by atomic mass is 16.5. The van der Waals surface area contributed by atoms with Crippen LogP contribution in [0.4, 0.5) is 0 Å². The second-order valence-electron chi connectivity index (χ2n) is 14.2. The van der Waals surface area contributed by atoms with E-state index >= 15 is 0 Å². The zero-order valence-corrected chi connectivity index (χ0v) is 28.5. The number of hydrogen-bond acceptors (Lipinski definition) is 8. The summed E-state index contributed by atoms with van der Waals surface area (Å²) < 4.78 is 40.2. The van der Waals surface area contributed by atoms with Gasteiger partial charge in [-0.25, -0.2) is 0 Å². The number of rotatable bonds is 4. The molecule has 4 atom stereocenters. The van der Waals surface area contributed by atoms with Gasteiger partial charge in [-0.15, -0.1) is 0 Å². The van der Waals surface area contributed by atoms with Crippen LogP contribution in [0.2, 0.25) is 0 Å². The third-order valence-electron chi connectivity index (χ3n) is 11.8. The molecule has 2 aromatic heterocycles. The topological polar surface area (TPSA) is 99.4 Å². The first-order valence-electron chi connectivity index (χ1n) is 15.6. The van der Waals surface area contributed by atoms with Crippen LogP contribution in [0.25, 0.3) is 21.8 Å². The van der Waals surface area contributed by atoms with Crippen molar-refractivity contribution < 1.29 is 28.4 Å². The Morgan fingerprint density at radius 2 is 1.33 bits per heavy atom. The highest BCUT2D eigenvalue weighted by Gasteiger charge is 2.71. The lowest BCUT2D eigenvalue weighted by Crippen LogP contribution is -2.71. The summed E-state index contributed by atoms with van der Waals surface area (Å²) in [7, 11) is 9.94. The van der Waals surface area contributed by atoms with Crippen molar-refractivity contribution in [1.29, 1.82) is 0 Å². The maximum Gasteiger partial charge on any atom is 0.258 e. The molecule has 0 amide bonds. The van der Waals surface area contributed by atoms with Crippen LogP contribution in [0, 0.1) is 5.41 Å². The number of aromatic nitrogens is 2. The summed E-state index contributed by atoms with van der Waals surface area (Å²) in [5.41, 5.74) is -0.890. The maximum absolute atomic E-state index is 14.8. The summed E-state index contributed by atoms with van der Waals surface area (Å²) in [6.07, 6.45) is 1.13. The van der Waals surface area contributed by atoms with Crippen molar-refractivity contribution in [2.45, 2.75) is 70.0 Å². The van der Waals surface area contributed by atoms with Crippen LogP contribution >= 0.6 is 0 Å². The van der Waals surface area contributed by atoms with Crippen molar-refractivity contribution in [3.05, 3.63) is 56.0 Å². The minimum atomic E-state index is -0.823. The molecule has 0 radical (unpaired) electrons. The molecule has 10 nitrogen and oxygen atoms in total. The third kappa shape index (κ3) is 3.37. The second-order valence-corrected chi connectivity index (χ2v) is 14.2. The average Bonchev–Trinajstić information content (AvgIpc) is 3.02. The molecule has 0 N–H and O–H groups in total.